The van der Waals surface area contributed by atoms with Crippen LogP contribution in [0.2, 0.25) is 36.3 Å². The van der Waals surface area contributed by atoms with E-state index in [-0.39, 0.29) is 58.6 Å². The Kier molecular flexibility index (Phi) is 7.11. The number of rotatable bonds is 7. The second kappa shape index (κ2) is 9.35. The lowest BCUT2D eigenvalue weighted by atomic mass is 9.45. The van der Waals surface area contributed by atoms with Crippen LogP contribution in [0.25, 0.3) is 0 Å². The zero-order valence-corrected chi connectivity index (χ0v) is 27.9. The van der Waals surface area contributed by atoms with Gasteiger partial charge >= 0.3 is 5.97 Å². The number of carbonyl (C=O) groups is 2. The van der Waals surface area contributed by atoms with E-state index in [2.05, 4.69) is 61.6 Å². The Morgan fingerprint density at radius 3 is 2.23 bits per heavy atom. The van der Waals surface area contributed by atoms with Gasteiger partial charge in [0.1, 0.15) is 12.2 Å². The highest BCUT2D eigenvalue weighted by atomic mass is 28.4. The monoisotopic (exact) mass is 576 g/mol. The number of ether oxygens (including phenoxy) is 1. The summed E-state index contributed by atoms with van der Waals surface area (Å²) in [6.45, 7) is 22.0. The van der Waals surface area contributed by atoms with Crippen LogP contribution < -0.4 is 0 Å². The lowest BCUT2D eigenvalue weighted by Crippen LogP contribution is -2.71. The van der Waals surface area contributed by atoms with Gasteiger partial charge in [0.15, 0.2) is 22.4 Å². The van der Waals surface area contributed by atoms with E-state index in [1.54, 1.807) is 6.08 Å². The van der Waals surface area contributed by atoms with Gasteiger partial charge in [-0.1, -0.05) is 48.5 Å². The minimum Gasteiger partial charge on any atom is -0.459 e. The van der Waals surface area contributed by atoms with Crippen molar-refractivity contribution in [1.29, 1.82) is 0 Å². The van der Waals surface area contributed by atoms with Gasteiger partial charge in [-0.2, -0.15) is 0 Å². The number of esters is 1. The summed E-state index contributed by atoms with van der Waals surface area (Å²) >= 11 is 0. The summed E-state index contributed by atoms with van der Waals surface area (Å²) in [6, 6.07) is 2.92. The Morgan fingerprint density at radius 1 is 1.05 bits per heavy atom. The molecule has 2 saturated heterocycles. The smallest absolute Gasteiger partial charge is 0.313 e. The fraction of sp³-hybridized carbons (Fsp3) is 0.871. The van der Waals surface area contributed by atoms with Gasteiger partial charge in [0.2, 0.25) is 0 Å². The summed E-state index contributed by atoms with van der Waals surface area (Å²) in [6.07, 6.45) is 2.50. The predicted octanol–water partition coefficient (Wildman–Crippen LogP) is 6.25. The summed E-state index contributed by atoms with van der Waals surface area (Å²) in [5.41, 5.74) is -1.09. The third-order valence-corrected chi connectivity index (χ3v) is 21.9. The summed E-state index contributed by atoms with van der Waals surface area (Å²) in [7, 11) is -4.22. The van der Waals surface area contributed by atoms with Crippen LogP contribution in [0.3, 0.4) is 0 Å². The minimum absolute atomic E-state index is 0.000393. The summed E-state index contributed by atoms with van der Waals surface area (Å²) in [5.74, 6) is -0.373. The van der Waals surface area contributed by atoms with Crippen LogP contribution in [0.15, 0.2) is 11.6 Å². The molecule has 3 saturated carbocycles. The first kappa shape index (κ1) is 29.7. The number of fused-ring (bicyclic) bond motifs is 2. The molecule has 5 fully saturated rings. The highest BCUT2D eigenvalue weighted by molar-refractivity contribution is 6.74. The SMILES string of the molecule is CC[Si](CC)(CC)O[C@@H]1C(=O)C=C(C)[C@]2(O)C[C@@H]3[C@H]4OC(=O)[C@]5(CC[C@H]1[C@H]2[C@H]35)[C@H](C)[C@H]4O[Si](C)(C)C(C)(C)C. The number of hydrogen-bond donors (Lipinski definition) is 1. The molecule has 6 nitrogen and oxygen atoms in total. The minimum atomic E-state index is -2.13. The van der Waals surface area contributed by atoms with Crippen LogP contribution in [0.4, 0.5) is 0 Å². The normalized spacial score (nSPS) is 43.6. The van der Waals surface area contributed by atoms with Crippen LogP contribution in [-0.4, -0.2) is 57.4 Å². The summed E-state index contributed by atoms with van der Waals surface area (Å²) in [4.78, 5) is 27.7. The van der Waals surface area contributed by atoms with E-state index in [0.29, 0.717) is 19.3 Å². The number of hydrogen-bond acceptors (Lipinski definition) is 6. The predicted molar refractivity (Wildman–Crippen MR) is 157 cm³/mol. The van der Waals surface area contributed by atoms with Crippen LogP contribution in [0.5, 0.6) is 0 Å². The van der Waals surface area contributed by atoms with Crippen LogP contribution >= 0.6 is 0 Å². The fourth-order valence-corrected chi connectivity index (χ4v) is 13.4. The van der Waals surface area contributed by atoms with Gasteiger partial charge in [0, 0.05) is 17.8 Å². The molecule has 2 aliphatic heterocycles. The van der Waals surface area contributed by atoms with Crippen molar-refractivity contribution in [2.45, 2.75) is 135 Å². The average molecular weight is 577 g/mol. The molecule has 1 spiro atoms. The van der Waals surface area contributed by atoms with Gasteiger partial charge < -0.3 is 18.7 Å². The topological polar surface area (TPSA) is 82.1 Å². The molecule has 0 aromatic heterocycles. The molecular weight excluding hydrogens is 525 g/mol. The maximum Gasteiger partial charge on any atom is 0.313 e. The van der Waals surface area contributed by atoms with Crippen LogP contribution in [0.1, 0.15) is 74.7 Å². The van der Waals surface area contributed by atoms with Crippen LogP contribution in [0, 0.1) is 35.0 Å². The maximum atomic E-state index is 13.9. The van der Waals surface area contributed by atoms with Crippen molar-refractivity contribution < 1.29 is 28.3 Å². The zero-order valence-electron chi connectivity index (χ0n) is 25.9. The Labute approximate surface area is 237 Å². The Balaban J connectivity index is 1.60. The third kappa shape index (κ3) is 3.94. The molecule has 0 radical (unpaired) electrons. The Morgan fingerprint density at radius 2 is 1.67 bits per heavy atom. The Hall–Kier alpha value is -0.806. The highest BCUT2D eigenvalue weighted by Gasteiger charge is 2.78. The van der Waals surface area contributed by atoms with Crippen molar-refractivity contribution in [3.8, 4) is 0 Å². The van der Waals surface area contributed by atoms with E-state index >= 15 is 0 Å². The average Bonchev–Trinajstić information content (AvgIpc) is 3.16. The molecule has 0 amide bonds. The first-order valence-electron chi connectivity index (χ1n) is 15.5. The molecule has 1 N–H and O–H groups in total. The van der Waals surface area contributed by atoms with E-state index in [1.807, 2.05) is 6.92 Å². The van der Waals surface area contributed by atoms with Crippen molar-refractivity contribution in [3.05, 3.63) is 11.6 Å². The Bertz CT molecular complexity index is 1050. The number of aliphatic hydroxyl groups is 1. The highest BCUT2D eigenvalue weighted by Crippen LogP contribution is 2.72. The van der Waals surface area contributed by atoms with Crippen molar-refractivity contribution in [3.63, 3.8) is 0 Å². The molecule has 0 aromatic carbocycles. The van der Waals surface area contributed by atoms with Gasteiger partial charge in [-0.3, -0.25) is 9.59 Å². The van der Waals surface area contributed by atoms with Crippen molar-refractivity contribution in [2.75, 3.05) is 0 Å². The van der Waals surface area contributed by atoms with E-state index in [1.165, 1.54) is 0 Å². The zero-order chi connectivity index (χ0) is 28.9. The molecule has 220 valence electrons. The number of ketones is 1. The van der Waals surface area contributed by atoms with E-state index < -0.39 is 33.8 Å². The van der Waals surface area contributed by atoms with E-state index in [0.717, 1.165) is 23.7 Å². The van der Waals surface area contributed by atoms with E-state index in [9.17, 15) is 14.7 Å². The molecule has 0 unspecified atom stereocenters. The molecular formula is C31H52O6Si2. The van der Waals surface area contributed by atoms with Gasteiger partial charge in [-0.05, 0) is 85.9 Å². The molecule has 10 atom stereocenters. The second-order valence-corrected chi connectivity index (χ2v) is 24.6. The summed E-state index contributed by atoms with van der Waals surface area (Å²) < 4.78 is 20.3. The third-order valence-electron chi connectivity index (χ3n) is 12.8. The standard InChI is InChI=1S/C31H52O6Si2/c1-11-39(12-2,13-3)37-26-20-14-15-30-19(5)25(36-38(9,10)29(6,7)8)27(35-28(30)33)21-17-31(34,24(20)23(21)30)18(4)16-22(26)32/h16,19-21,23-27,34H,11-15,17H2,1-10H3/t19-,20+,21+,23+,24+,25-,26+,27-,30-,31-/m1/s1. The molecule has 0 aromatic rings. The lowest BCUT2D eigenvalue weighted by molar-refractivity contribution is -0.257. The largest absolute Gasteiger partial charge is 0.459 e. The lowest BCUT2D eigenvalue weighted by Gasteiger charge is -2.64. The quantitative estimate of drug-likeness (QED) is 0.285. The molecule has 4 aliphatic carbocycles. The molecule has 39 heavy (non-hydrogen) atoms. The maximum absolute atomic E-state index is 13.9. The fourth-order valence-electron chi connectivity index (χ4n) is 9.24. The number of carbonyl (C=O) groups excluding carboxylic acids is 2. The second-order valence-electron chi connectivity index (χ2n) is 15.1. The van der Waals surface area contributed by atoms with Gasteiger partial charge in [0.25, 0.3) is 0 Å². The van der Waals surface area contributed by atoms with Gasteiger partial charge in [0.05, 0.1) is 17.1 Å². The van der Waals surface area contributed by atoms with Crippen molar-refractivity contribution >= 4 is 28.4 Å². The van der Waals surface area contributed by atoms with Crippen molar-refractivity contribution in [2.24, 2.45) is 35.0 Å². The molecule has 8 heteroatoms. The first-order chi connectivity index (χ1) is 18.0. The molecule has 2 heterocycles. The first-order valence-corrected chi connectivity index (χ1v) is 21.0. The summed E-state index contributed by atoms with van der Waals surface area (Å²) in [5, 5.41) is 12.6. The molecule has 2 bridgehead atoms. The molecule has 6 rings (SSSR count). The van der Waals surface area contributed by atoms with Gasteiger partial charge in [-0.15, -0.1) is 0 Å². The van der Waals surface area contributed by atoms with Gasteiger partial charge in [-0.25, -0.2) is 0 Å². The van der Waals surface area contributed by atoms with Crippen LogP contribution in [-0.2, 0) is 23.2 Å². The molecule has 6 aliphatic rings. The van der Waals surface area contributed by atoms with E-state index in [4.69, 9.17) is 13.6 Å². The van der Waals surface area contributed by atoms with Crippen molar-refractivity contribution in [1.82, 2.24) is 0 Å².